The molecule has 5 nitrogen and oxygen atoms in total. The molecule has 0 amide bonds. The summed E-state index contributed by atoms with van der Waals surface area (Å²) in [4.78, 5) is 0. The van der Waals surface area contributed by atoms with Crippen molar-refractivity contribution in [1.29, 1.82) is 0 Å². The largest absolute Gasteiger partial charge is 0.397 e. The summed E-state index contributed by atoms with van der Waals surface area (Å²) < 4.78 is 0.824. The van der Waals surface area contributed by atoms with Crippen LogP contribution in [0.2, 0.25) is 0 Å². The zero-order valence-electron chi connectivity index (χ0n) is 5.37. The van der Waals surface area contributed by atoms with Crippen molar-refractivity contribution in [3.05, 3.63) is 9.90 Å². The third-order valence-corrected chi connectivity index (χ3v) is 2.13. The molecule has 11 heavy (non-hydrogen) atoms. The smallest absolute Gasteiger partial charge is 0.181 e. The van der Waals surface area contributed by atoms with Gasteiger partial charge in [0.15, 0.2) is 5.65 Å². The Morgan fingerprint density at radius 1 is 1.55 bits per heavy atom. The molecule has 0 aliphatic carbocycles. The van der Waals surface area contributed by atoms with Gasteiger partial charge in [-0.3, -0.25) is 5.10 Å². The van der Waals surface area contributed by atoms with E-state index in [1.165, 1.54) is 6.20 Å². The Balaban J connectivity index is 2.96. The summed E-state index contributed by atoms with van der Waals surface area (Å²) in [6, 6.07) is 0. The number of H-pyrrole nitrogens is 1. The summed E-state index contributed by atoms with van der Waals surface area (Å²) >= 11 is 2.09. The van der Waals surface area contributed by atoms with Gasteiger partial charge in [0.1, 0.15) is 3.70 Å². The molecule has 0 saturated carbocycles. The predicted octanol–water partition coefficient (Wildman–Crippen LogP) is 0.540. The minimum Gasteiger partial charge on any atom is -0.397 e. The molecule has 0 spiro atoms. The van der Waals surface area contributed by atoms with Gasteiger partial charge in [-0.2, -0.15) is 10.2 Å². The van der Waals surface area contributed by atoms with Crippen LogP contribution in [-0.2, 0) is 0 Å². The fourth-order valence-corrected chi connectivity index (χ4v) is 1.54. The lowest BCUT2D eigenvalue weighted by molar-refractivity contribution is 1.02. The highest BCUT2D eigenvalue weighted by Gasteiger charge is 2.06. The molecule has 2 aromatic heterocycles. The van der Waals surface area contributed by atoms with Crippen LogP contribution in [0, 0.1) is 3.70 Å². The van der Waals surface area contributed by atoms with Gasteiger partial charge in [-0.15, -0.1) is 5.10 Å². The summed E-state index contributed by atoms with van der Waals surface area (Å²) in [5.74, 6) is 0. The van der Waals surface area contributed by atoms with E-state index in [1.807, 2.05) is 0 Å². The maximum Gasteiger partial charge on any atom is 0.181 e. The standard InChI is InChI=1S/C5H4IN5/c6-4-3-2(7)1-8-10-5(3)11-9-4/h1H,(H3,7,9,10,11). The molecule has 6 heteroatoms. The average molecular weight is 261 g/mol. The van der Waals surface area contributed by atoms with Gasteiger partial charge in [0, 0.05) is 0 Å². The maximum atomic E-state index is 5.63. The lowest BCUT2D eigenvalue weighted by atomic mass is 10.3. The van der Waals surface area contributed by atoms with E-state index < -0.39 is 0 Å². The van der Waals surface area contributed by atoms with Crippen molar-refractivity contribution in [1.82, 2.24) is 20.4 Å². The molecule has 0 aliphatic rings. The van der Waals surface area contributed by atoms with E-state index in [2.05, 4.69) is 43.0 Å². The number of halogens is 1. The van der Waals surface area contributed by atoms with Crippen LogP contribution in [0.25, 0.3) is 11.0 Å². The van der Waals surface area contributed by atoms with Gasteiger partial charge < -0.3 is 5.73 Å². The first-order valence-electron chi connectivity index (χ1n) is 2.90. The summed E-state index contributed by atoms with van der Waals surface area (Å²) in [5.41, 5.74) is 6.87. The molecule has 0 aliphatic heterocycles. The monoisotopic (exact) mass is 261 g/mol. The zero-order chi connectivity index (χ0) is 7.84. The molecule has 0 atom stereocenters. The van der Waals surface area contributed by atoms with Crippen molar-refractivity contribution in [3.8, 4) is 0 Å². The molecule has 56 valence electrons. The van der Waals surface area contributed by atoms with Gasteiger partial charge in [-0.1, -0.05) is 0 Å². The van der Waals surface area contributed by atoms with E-state index in [9.17, 15) is 0 Å². The molecular formula is C5H4IN5. The molecule has 3 N–H and O–H groups in total. The van der Waals surface area contributed by atoms with Gasteiger partial charge >= 0.3 is 0 Å². The first kappa shape index (κ1) is 6.77. The number of nitrogens with two attached hydrogens (primary N) is 1. The van der Waals surface area contributed by atoms with E-state index in [0.29, 0.717) is 11.3 Å². The zero-order valence-corrected chi connectivity index (χ0v) is 7.53. The topological polar surface area (TPSA) is 80.5 Å². The average Bonchev–Trinajstić information content (AvgIpc) is 2.34. The van der Waals surface area contributed by atoms with Crippen LogP contribution in [-0.4, -0.2) is 20.4 Å². The molecule has 2 rings (SSSR count). The molecule has 0 bridgehead atoms. The van der Waals surface area contributed by atoms with Crippen LogP contribution in [0.5, 0.6) is 0 Å². The second-order valence-corrected chi connectivity index (χ2v) is 3.06. The van der Waals surface area contributed by atoms with Crippen molar-refractivity contribution in [3.63, 3.8) is 0 Å². The van der Waals surface area contributed by atoms with E-state index >= 15 is 0 Å². The fraction of sp³-hybridized carbons (Fsp3) is 0. The van der Waals surface area contributed by atoms with Gasteiger partial charge in [-0.25, -0.2) is 0 Å². The van der Waals surface area contributed by atoms with Crippen molar-refractivity contribution in [2.45, 2.75) is 0 Å². The molecular weight excluding hydrogens is 257 g/mol. The summed E-state index contributed by atoms with van der Waals surface area (Å²) in [7, 11) is 0. The Morgan fingerprint density at radius 2 is 2.36 bits per heavy atom. The summed E-state index contributed by atoms with van der Waals surface area (Å²) in [6.07, 6.45) is 1.51. The maximum absolute atomic E-state index is 5.63. The Bertz CT molecular complexity index is 395. The van der Waals surface area contributed by atoms with Crippen LogP contribution in [0.4, 0.5) is 5.69 Å². The normalized spacial score (nSPS) is 10.6. The number of aromatic amines is 1. The molecule has 2 aromatic rings. The molecule has 0 unspecified atom stereocenters. The van der Waals surface area contributed by atoms with Gasteiger partial charge in [0.25, 0.3) is 0 Å². The van der Waals surface area contributed by atoms with Crippen molar-refractivity contribution < 1.29 is 0 Å². The highest BCUT2D eigenvalue weighted by molar-refractivity contribution is 14.1. The van der Waals surface area contributed by atoms with Crippen LogP contribution in [0.3, 0.4) is 0 Å². The van der Waals surface area contributed by atoms with Crippen LogP contribution >= 0.6 is 22.6 Å². The summed E-state index contributed by atoms with van der Waals surface area (Å²) in [6.45, 7) is 0. The first-order chi connectivity index (χ1) is 5.29. The van der Waals surface area contributed by atoms with Crippen LogP contribution in [0.1, 0.15) is 0 Å². The van der Waals surface area contributed by atoms with Gasteiger partial charge in [0.05, 0.1) is 17.3 Å². The number of nitrogen functional groups attached to an aromatic ring is 1. The number of nitrogens with zero attached hydrogens (tertiary/aromatic N) is 3. The number of anilines is 1. The number of nitrogens with one attached hydrogen (secondary N) is 1. The van der Waals surface area contributed by atoms with Crippen molar-refractivity contribution in [2.24, 2.45) is 0 Å². The minimum atomic E-state index is 0.605. The number of aromatic nitrogens is 4. The minimum absolute atomic E-state index is 0.605. The highest BCUT2D eigenvalue weighted by atomic mass is 127. The van der Waals surface area contributed by atoms with Crippen molar-refractivity contribution >= 4 is 39.3 Å². The van der Waals surface area contributed by atoms with Gasteiger partial charge in [-0.05, 0) is 22.6 Å². The lowest BCUT2D eigenvalue weighted by Gasteiger charge is -1.90. The van der Waals surface area contributed by atoms with E-state index in [4.69, 9.17) is 5.73 Å². The van der Waals surface area contributed by atoms with E-state index in [0.717, 1.165) is 9.09 Å². The third-order valence-electron chi connectivity index (χ3n) is 1.35. The van der Waals surface area contributed by atoms with Gasteiger partial charge in [0.2, 0.25) is 0 Å². The number of rotatable bonds is 0. The predicted molar refractivity (Wildman–Crippen MR) is 48.8 cm³/mol. The Hall–Kier alpha value is -0.920. The van der Waals surface area contributed by atoms with Crippen molar-refractivity contribution in [2.75, 3.05) is 5.73 Å². The molecule has 0 aromatic carbocycles. The summed E-state index contributed by atoms with van der Waals surface area (Å²) in [5, 5.41) is 15.0. The second-order valence-electron chi connectivity index (χ2n) is 2.04. The molecule has 0 saturated heterocycles. The number of fused-ring (bicyclic) bond motifs is 1. The molecule has 0 radical (unpaired) electrons. The number of hydrogen-bond donors (Lipinski definition) is 2. The third kappa shape index (κ3) is 0.934. The highest BCUT2D eigenvalue weighted by Crippen LogP contribution is 2.20. The SMILES string of the molecule is Nc1cnnc2[nH]nc(I)c12. The Labute approximate surface area is 75.5 Å². The second kappa shape index (κ2) is 2.29. The Kier molecular flexibility index (Phi) is 1.41. The van der Waals surface area contributed by atoms with Crippen LogP contribution < -0.4 is 5.73 Å². The fourth-order valence-electron chi connectivity index (χ4n) is 0.853. The number of hydrogen-bond acceptors (Lipinski definition) is 4. The Morgan fingerprint density at radius 3 is 3.09 bits per heavy atom. The first-order valence-corrected chi connectivity index (χ1v) is 3.97. The lowest BCUT2D eigenvalue weighted by Crippen LogP contribution is -1.90. The van der Waals surface area contributed by atoms with E-state index in [-0.39, 0.29) is 0 Å². The quantitative estimate of drug-likeness (QED) is 0.678. The molecule has 2 heterocycles. The van der Waals surface area contributed by atoms with Crippen LogP contribution in [0.15, 0.2) is 6.20 Å². The molecule has 0 fully saturated rings. The van der Waals surface area contributed by atoms with E-state index in [1.54, 1.807) is 0 Å².